The van der Waals surface area contributed by atoms with Gasteiger partial charge in [-0.1, -0.05) is 0 Å². The van der Waals surface area contributed by atoms with E-state index in [1.165, 1.54) is 13.0 Å². The molecule has 0 bridgehead atoms. The Morgan fingerprint density at radius 3 is 2.53 bits per heavy atom. The fraction of sp³-hybridized carbons (Fsp3) is 0.500. The van der Waals surface area contributed by atoms with Gasteiger partial charge in [-0.05, 0) is 19.9 Å². The molecule has 0 fully saturated rings. The van der Waals surface area contributed by atoms with Crippen molar-refractivity contribution in [3.63, 3.8) is 0 Å². The van der Waals surface area contributed by atoms with Gasteiger partial charge in [-0.25, -0.2) is 0 Å². The van der Waals surface area contributed by atoms with E-state index in [2.05, 4.69) is 0 Å². The molecule has 1 amide bonds. The predicted octanol–water partition coefficient (Wildman–Crippen LogP) is 2.81. The molecule has 0 N–H and O–H groups in total. The van der Waals surface area contributed by atoms with Crippen LogP contribution in [0.1, 0.15) is 28.3 Å². The molecule has 19 heavy (non-hydrogen) atoms. The minimum absolute atomic E-state index is 0.0969. The molecular formula is C12H13F3N2O2. The van der Waals surface area contributed by atoms with E-state index >= 15 is 0 Å². The largest absolute Gasteiger partial charge is 0.466 e. The SMILES string of the molecule is Cc1cc(C(=O)N(CCC#N)CC(F)(F)F)c(C)o1. The summed E-state index contributed by atoms with van der Waals surface area (Å²) in [6.07, 6.45) is -4.66. The molecule has 1 heterocycles. The Morgan fingerprint density at radius 2 is 2.11 bits per heavy atom. The van der Waals surface area contributed by atoms with Crippen molar-refractivity contribution in [2.75, 3.05) is 13.1 Å². The number of nitriles is 1. The maximum Gasteiger partial charge on any atom is 0.406 e. The van der Waals surface area contributed by atoms with Gasteiger partial charge in [-0.15, -0.1) is 0 Å². The maximum absolute atomic E-state index is 12.4. The lowest BCUT2D eigenvalue weighted by Crippen LogP contribution is -2.39. The molecule has 0 unspecified atom stereocenters. The highest BCUT2D eigenvalue weighted by Crippen LogP contribution is 2.21. The Bertz CT molecular complexity index is 500. The lowest BCUT2D eigenvalue weighted by atomic mass is 10.2. The minimum atomic E-state index is -4.50. The lowest BCUT2D eigenvalue weighted by Gasteiger charge is -2.22. The molecule has 7 heteroatoms. The summed E-state index contributed by atoms with van der Waals surface area (Å²) in [6, 6.07) is 3.12. The van der Waals surface area contributed by atoms with Crippen molar-refractivity contribution in [3.05, 3.63) is 23.2 Å². The highest BCUT2D eigenvalue weighted by atomic mass is 19.4. The van der Waals surface area contributed by atoms with Gasteiger partial charge in [0.2, 0.25) is 0 Å². The summed E-state index contributed by atoms with van der Waals surface area (Å²) >= 11 is 0. The van der Waals surface area contributed by atoms with Gasteiger partial charge >= 0.3 is 6.18 Å². The molecule has 1 rings (SSSR count). The van der Waals surface area contributed by atoms with Gasteiger partial charge in [0.05, 0.1) is 18.1 Å². The Kier molecular flexibility index (Phi) is 4.59. The summed E-state index contributed by atoms with van der Waals surface area (Å²) in [5, 5.41) is 8.44. The quantitative estimate of drug-likeness (QED) is 0.848. The van der Waals surface area contributed by atoms with Gasteiger partial charge < -0.3 is 9.32 Å². The van der Waals surface area contributed by atoms with Crippen LogP contribution in [0.25, 0.3) is 0 Å². The van der Waals surface area contributed by atoms with E-state index in [4.69, 9.17) is 9.68 Å². The number of amides is 1. The van der Waals surface area contributed by atoms with Gasteiger partial charge in [0, 0.05) is 6.54 Å². The molecule has 0 saturated heterocycles. The number of alkyl halides is 3. The van der Waals surface area contributed by atoms with Crippen molar-refractivity contribution in [1.29, 1.82) is 5.26 Å². The van der Waals surface area contributed by atoms with Gasteiger partial charge in [-0.3, -0.25) is 4.79 Å². The Labute approximate surface area is 108 Å². The van der Waals surface area contributed by atoms with Crippen LogP contribution in [0.4, 0.5) is 13.2 Å². The van der Waals surface area contributed by atoms with Crippen molar-refractivity contribution in [3.8, 4) is 6.07 Å². The van der Waals surface area contributed by atoms with Crippen LogP contribution in [0, 0.1) is 25.2 Å². The molecule has 1 aromatic heterocycles. The number of hydrogen-bond acceptors (Lipinski definition) is 3. The number of nitrogens with zero attached hydrogens (tertiary/aromatic N) is 2. The smallest absolute Gasteiger partial charge is 0.406 e. The first-order valence-electron chi connectivity index (χ1n) is 5.54. The van der Waals surface area contributed by atoms with Crippen molar-refractivity contribution < 1.29 is 22.4 Å². The molecule has 0 saturated carbocycles. The zero-order valence-corrected chi connectivity index (χ0v) is 10.5. The van der Waals surface area contributed by atoms with Crippen LogP contribution < -0.4 is 0 Å². The highest BCUT2D eigenvalue weighted by molar-refractivity contribution is 5.95. The van der Waals surface area contributed by atoms with Crippen LogP contribution >= 0.6 is 0 Å². The number of rotatable bonds is 4. The van der Waals surface area contributed by atoms with E-state index in [0.29, 0.717) is 10.7 Å². The standard InChI is InChI=1S/C12H13F3N2O2/c1-8-6-10(9(2)19-8)11(18)17(5-3-4-16)7-12(13,14)15/h6H,3,5,7H2,1-2H3. The normalized spacial score (nSPS) is 11.2. The van der Waals surface area contributed by atoms with Crippen LogP contribution in [0.3, 0.4) is 0 Å². The average molecular weight is 274 g/mol. The zero-order valence-electron chi connectivity index (χ0n) is 10.5. The first-order chi connectivity index (χ1) is 8.74. The number of hydrogen-bond donors (Lipinski definition) is 0. The number of furan rings is 1. The average Bonchev–Trinajstić information content (AvgIpc) is 2.61. The second kappa shape index (κ2) is 5.78. The number of carbonyl (C=O) groups is 1. The fourth-order valence-corrected chi connectivity index (χ4v) is 1.67. The summed E-state index contributed by atoms with van der Waals surface area (Å²) in [5.74, 6) is -0.0540. The number of carbonyl (C=O) groups excluding carboxylic acids is 1. The summed E-state index contributed by atoms with van der Waals surface area (Å²) < 4.78 is 42.4. The second-order valence-electron chi connectivity index (χ2n) is 4.08. The summed E-state index contributed by atoms with van der Waals surface area (Å²) in [4.78, 5) is 12.6. The molecule has 104 valence electrons. The van der Waals surface area contributed by atoms with Crippen LogP contribution in [0.15, 0.2) is 10.5 Å². The first-order valence-corrected chi connectivity index (χ1v) is 5.54. The van der Waals surface area contributed by atoms with E-state index < -0.39 is 18.6 Å². The molecule has 0 radical (unpaired) electrons. The molecule has 4 nitrogen and oxygen atoms in total. The second-order valence-corrected chi connectivity index (χ2v) is 4.08. The third-order valence-corrected chi connectivity index (χ3v) is 2.42. The number of aryl methyl sites for hydroxylation is 2. The van der Waals surface area contributed by atoms with E-state index in [-0.39, 0.29) is 24.3 Å². The third-order valence-electron chi connectivity index (χ3n) is 2.42. The van der Waals surface area contributed by atoms with Gasteiger partial charge in [0.15, 0.2) is 0 Å². The minimum Gasteiger partial charge on any atom is -0.466 e. The summed E-state index contributed by atoms with van der Waals surface area (Å²) in [5.41, 5.74) is 0.0969. The predicted molar refractivity (Wildman–Crippen MR) is 60.4 cm³/mol. The topological polar surface area (TPSA) is 57.2 Å². The van der Waals surface area contributed by atoms with E-state index in [0.717, 1.165) is 0 Å². The van der Waals surface area contributed by atoms with E-state index in [1.54, 1.807) is 13.0 Å². The van der Waals surface area contributed by atoms with Gasteiger partial charge in [-0.2, -0.15) is 18.4 Å². The van der Waals surface area contributed by atoms with Crippen molar-refractivity contribution in [1.82, 2.24) is 4.90 Å². The van der Waals surface area contributed by atoms with Crippen LogP contribution in [0.2, 0.25) is 0 Å². The molecular weight excluding hydrogens is 261 g/mol. The van der Waals surface area contributed by atoms with Gasteiger partial charge in [0.1, 0.15) is 18.1 Å². The molecule has 0 aromatic carbocycles. The fourth-order valence-electron chi connectivity index (χ4n) is 1.67. The van der Waals surface area contributed by atoms with Crippen molar-refractivity contribution >= 4 is 5.91 Å². The summed E-state index contributed by atoms with van der Waals surface area (Å²) in [6.45, 7) is 1.47. The highest BCUT2D eigenvalue weighted by Gasteiger charge is 2.34. The summed E-state index contributed by atoms with van der Waals surface area (Å²) in [7, 11) is 0. The van der Waals surface area contributed by atoms with Crippen LogP contribution in [0.5, 0.6) is 0 Å². The number of halogens is 3. The molecule has 1 aromatic rings. The van der Waals surface area contributed by atoms with E-state index in [9.17, 15) is 18.0 Å². The van der Waals surface area contributed by atoms with E-state index in [1.807, 2.05) is 0 Å². The Hall–Kier alpha value is -1.97. The Morgan fingerprint density at radius 1 is 1.47 bits per heavy atom. The van der Waals surface area contributed by atoms with Crippen LogP contribution in [-0.2, 0) is 0 Å². The zero-order chi connectivity index (χ0) is 14.6. The van der Waals surface area contributed by atoms with Crippen LogP contribution in [-0.4, -0.2) is 30.1 Å². The monoisotopic (exact) mass is 274 g/mol. The van der Waals surface area contributed by atoms with Crippen molar-refractivity contribution in [2.24, 2.45) is 0 Å². The molecule has 0 aliphatic heterocycles. The van der Waals surface area contributed by atoms with Crippen molar-refractivity contribution in [2.45, 2.75) is 26.4 Å². The lowest BCUT2D eigenvalue weighted by molar-refractivity contribution is -0.140. The maximum atomic E-state index is 12.4. The van der Waals surface area contributed by atoms with Gasteiger partial charge in [0.25, 0.3) is 5.91 Å². The molecule has 0 aliphatic rings. The molecule has 0 aliphatic carbocycles. The Balaban J connectivity index is 2.94. The molecule has 0 atom stereocenters. The first kappa shape index (κ1) is 15.1. The molecule has 0 spiro atoms. The third kappa shape index (κ3) is 4.32.